The first-order chi connectivity index (χ1) is 12.2. The molecule has 0 aliphatic carbocycles. The number of carbonyl (C=O) groups excluding carboxylic acids is 2. The van der Waals surface area contributed by atoms with Crippen LogP contribution in [0.25, 0.3) is 0 Å². The fraction of sp³-hybridized carbons (Fsp3) is 0.389. The van der Waals surface area contributed by atoms with Crippen LogP contribution in [0.5, 0.6) is 11.5 Å². The SMILES string of the molecule is COc1ccc(NC(=O)Cc2csc(NC(=O)C(C)(C)C)n2)cc1OC. The molecule has 26 heavy (non-hydrogen) atoms. The molecule has 0 bridgehead atoms. The van der Waals surface area contributed by atoms with Crippen molar-refractivity contribution >= 4 is 34.0 Å². The van der Waals surface area contributed by atoms with E-state index in [2.05, 4.69) is 15.6 Å². The maximum absolute atomic E-state index is 12.2. The first kappa shape index (κ1) is 19.7. The number of thiazole rings is 1. The smallest absolute Gasteiger partial charge is 0.231 e. The van der Waals surface area contributed by atoms with Crippen molar-refractivity contribution in [3.63, 3.8) is 0 Å². The van der Waals surface area contributed by atoms with Crippen LogP contribution in [0.15, 0.2) is 23.6 Å². The molecule has 2 aromatic rings. The standard InChI is InChI=1S/C18H23N3O4S/c1-18(2,3)16(23)21-17-20-12(10-26-17)9-15(22)19-11-6-7-13(24-4)14(8-11)25-5/h6-8,10H,9H2,1-5H3,(H,19,22)(H,20,21,23). The molecule has 8 heteroatoms. The number of methoxy groups -OCH3 is 2. The van der Waals surface area contributed by atoms with Gasteiger partial charge in [-0.05, 0) is 12.1 Å². The Balaban J connectivity index is 1.97. The Hall–Kier alpha value is -2.61. The highest BCUT2D eigenvalue weighted by Crippen LogP contribution is 2.29. The number of benzene rings is 1. The molecule has 0 saturated heterocycles. The van der Waals surface area contributed by atoms with Gasteiger partial charge < -0.3 is 20.1 Å². The fourth-order valence-electron chi connectivity index (χ4n) is 2.01. The van der Waals surface area contributed by atoms with E-state index in [4.69, 9.17) is 9.47 Å². The Morgan fingerprint density at radius 2 is 1.81 bits per heavy atom. The van der Waals surface area contributed by atoms with Gasteiger partial charge in [0, 0.05) is 22.5 Å². The van der Waals surface area contributed by atoms with Gasteiger partial charge >= 0.3 is 0 Å². The molecule has 2 amide bonds. The molecule has 1 aromatic heterocycles. The van der Waals surface area contributed by atoms with Crippen molar-refractivity contribution in [2.75, 3.05) is 24.9 Å². The normalized spacial score (nSPS) is 11.0. The minimum absolute atomic E-state index is 0.107. The predicted octanol–water partition coefficient (Wildman–Crippen LogP) is 3.33. The molecule has 1 heterocycles. The monoisotopic (exact) mass is 377 g/mol. The van der Waals surface area contributed by atoms with Gasteiger partial charge in [0.25, 0.3) is 0 Å². The van der Waals surface area contributed by atoms with Crippen LogP contribution in [0, 0.1) is 5.41 Å². The maximum Gasteiger partial charge on any atom is 0.231 e. The molecular weight excluding hydrogens is 354 g/mol. The number of amides is 2. The summed E-state index contributed by atoms with van der Waals surface area (Å²) in [6.07, 6.45) is 0.107. The Bertz CT molecular complexity index is 796. The van der Waals surface area contributed by atoms with E-state index < -0.39 is 5.41 Å². The molecule has 0 aliphatic rings. The summed E-state index contributed by atoms with van der Waals surface area (Å²) in [5, 5.41) is 7.79. The third-order valence-electron chi connectivity index (χ3n) is 3.46. The highest BCUT2D eigenvalue weighted by atomic mass is 32.1. The van der Waals surface area contributed by atoms with Crippen LogP contribution < -0.4 is 20.1 Å². The number of nitrogens with zero attached hydrogens (tertiary/aromatic N) is 1. The summed E-state index contributed by atoms with van der Waals surface area (Å²) in [5.74, 6) is 0.791. The van der Waals surface area contributed by atoms with Crippen molar-refractivity contribution in [1.82, 2.24) is 4.98 Å². The first-order valence-corrected chi connectivity index (χ1v) is 8.88. The van der Waals surface area contributed by atoms with Crippen LogP contribution in [-0.2, 0) is 16.0 Å². The maximum atomic E-state index is 12.2. The van der Waals surface area contributed by atoms with Crippen LogP contribution in [0.3, 0.4) is 0 Å². The second-order valence-corrected chi connectivity index (χ2v) is 7.50. The molecule has 0 saturated carbocycles. The average Bonchev–Trinajstić information content (AvgIpc) is 3.00. The van der Waals surface area contributed by atoms with E-state index in [-0.39, 0.29) is 18.2 Å². The molecule has 2 N–H and O–H groups in total. The lowest BCUT2D eigenvalue weighted by molar-refractivity contribution is -0.123. The lowest BCUT2D eigenvalue weighted by Gasteiger charge is -2.15. The van der Waals surface area contributed by atoms with Crippen LogP contribution in [-0.4, -0.2) is 31.0 Å². The van der Waals surface area contributed by atoms with Crippen LogP contribution >= 0.6 is 11.3 Å². The molecule has 7 nitrogen and oxygen atoms in total. The average molecular weight is 377 g/mol. The quantitative estimate of drug-likeness (QED) is 0.806. The summed E-state index contributed by atoms with van der Waals surface area (Å²) in [6, 6.07) is 5.14. The topological polar surface area (TPSA) is 89.6 Å². The zero-order chi connectivity index (χ0) is 19.3. The summed E-state index contributed by atoms with van der Waals surface area (Å²) < 4.78 is 10.4. The van der Waals surface area contributed by atoms with E-state index >= 15 is 0 Å². The number of ether oxygens (including phenoxy) is 2. The van der Waals surface area contributed by atoms with Crippen molar-refractivity contribution < 1.29 is 19.1 Å². The molecule has 0 radical (unpaired) electrons. The lowest BCUT2D eigenvalue weighted by atomic mass is 9.96. The van der Waals surface area contributed by atoms with Crippen molar-refractivity contribution in [3.05, 3.63) is 29.3 Å². The van der Waals surface area contributed by atoms with Gasteiger partial charge in [0.2, 0.25) is 11.8 Å². The minimum atomic E-state index is -0.503. The highest BCUT2D eigenvalue weighted by molar-refractivity contribution is 7.13. The number of hydrogen-bond acceptors (Lipinski definition) is 6. The van der Waals surface area contributed by atoms with Crippen molar-refractivity contribution in [1.29, 1.82) is 0 Å². The first-order valence-electron chi connectivity index (χ1n) is 8.00. The Morgan fingerprint density at radius 3 is 2.42 bits per heavy atom. The second-order valence-electron chi connectivity index (χ2n) is 6.64. The summed E-state index contributed by atoms with van der Waals surface area (Å²) in [6.45, 7) is 5.48. The largest absolute Gasteiger partial charge is 0.493 e. The van der Waals surface area contributed by atoms with E-state index in [0.717, 1.165) is 0 Å². The molecule has 0 fully saturated rings. The van der Waals surface area contributed by atoms with Crippen LogP contribution in [0.2, 0.25) is 0 Å². The summed E-state index contributed by atoms with van der Waals surface area (Å²) in [5.41, 5.74) is 0.692. The Labute approximate surface area is 156 Å². The molecule has 140 valence electrons. The number of carbonyl (C=O) groups is 2. The zero-order valence-electron chi connectivity index (χ0n) is 15.5. The van der Waals surface area contributed by atoms with Gasteiger partial charge in [-0.15, -0.1) is 11.3 Å². The van der Waals surface area contributed by atoms with Gasteiger partial charge in [0.1, 0.15) is 0 Å². The third-order valence-corrected chi connectivity index (χ3v) is 4.27. The summed E-state index contributed by atoms with van der Waals surface area (Å²) in [7, 11) is 3.08. The van der Waals surface area contributed by atoms with E-state index in [9.17, 15) is 9.59 Å². The van der Waals surface area contributed by atoms with Gasteiger partial charge in [-0.1, -0.05) is 20.8 Å². The molecule has 2 rings (SSSR count). The minimum Gasteiger partial charge on any atom is -0.493 e. The van der Waals surface area contributed by atoms with Gasteiger partial charge in [0.05, 0.1) is 26.3 Å². The van der Waals surface area contributed by atoms with E-state index in [1.54, 1.807) is 30.7 Å². The predicted molar refractivity (Wildman–Crippen MR) is 102 cm³/mol. The van der Waals surface area contributed by atoms with Crippen LogP contribution in [0.1, 0.15) is 26.5 Å². The van der Waals surface area contributed by atoms with E-state index in [1.807, 2.05) is 20.8 Å². The zero-order valence-corrected chi connectivity index (χ0v) is 16.3. The molecule has 0 unspecified atom stereocenters. The van der Waals surface area contributed by atoms with Crippen molar-refractivity contribution in [2.24, 2.45) is 5.41 Å². The summed E-state index contributed by atoms with van der Waals surface area (Å²) in [4.78, 5) is 28.5. The van der Waals surface area contributed by atoms with E-state index in [1.165, 1.54) is 18.4 Å². The number of anilines is 2. The number of nitrogens with one attached hydrogen (secondary N) is 2. The van der Waals surface area contributed by atoms with Gasteiger partial charge in [-0.2, -0.15) is 0 Å². The third kappa shape index (κ3) is 5.19. The number of hydrogen-bond donors (Lipinski definition) is 2. The van der Waals surface area contributed by atoms with Crippen LogP contribution in [0.4, 0.5) is 10.8 Å². The molecular formula is C18H23N3O4S. The van der Waals surface area contributed by atoms with Gasteiger partial charge in [-0.25, -0.2) is 4.98 Å². The molecule has 0 aliphatic heterocycles. The molecule has 0 spiro atoms. The van der Waals surface area contributed by atoms with Crippen molar-refractivity contribution in [3.8, 4) is 11.5 Å². The van der Waals surface area contributed by atoms with Gasteiger partial charge in [-0.3, -0.25) is 9.59 Å². The fourth-order valence-corrected chi connectivity index (χ4v) is 2.72. The number of rotatable bonds is 6. The molecule has 0 atom stereocenters. The summed E-state index contributed by atoms with van der Waals surface area (Å²) >= 11 is 1.29. The highest BCUT2D eigenvalue weighted by Gasteiger charge is 2.22. The van der Waals surface area contributed by atoms with E-state index in [0.29, 0.717) is 28.0 Å². The second kappa shape index (κ2) is 8.18. The number of aromatic nitrogens is 1. The molecule has 1 aromatic carbocycles. The van der Waals surface area contributed by atoms with Crippen molar-refractivity contribution in [2.45, 2.75) is 27.2 Å². The Kier molecular flexibility index (Phi) is 6.20. The van der Waals surface area contributed by atoms with Gasteiger partial charge in [0.15, 0.2) is 16.6 Å². The Morgan fingerprint density at radius 1 is 1.12 bits per heavy atom. The lowest BCUT2D eigenvalue weighted by Crippen LogP contribution is -2.27.